The first-order chi connectivity index (χ1) is 8.90. The molecule has 0 bridgehead atoms. The largest absolute Gasteiger partial charge is 0.314 e. The second-order valence-electron chi connectivity index (χ2n) is 5.26. The number of thioether (sulfide) groups is 1. The van der Waals surface area contributed by atoms with Gasteiger partial charge in [-0.1, -0.05) is 30.3 Å². The summed E-state index contributed by atoms with van der Waals surface area (Å²) in [5.41, 5.74) is 1.54. The molecule has 1 aliphatic carbocycles. The van der Waals surface area contributed by atoms with Crippen molar-refractivity contribution in [2.24, 2.45) is 0 Å². The summed E-state index contributed by atoms with van der Waals surface area (Å²) in [6, 6.07) is 11.8. The maximum atomic E-state index is 3.72. The molecule has 2 rings (SSSR count). The Labute approximate surface area is 116 Å². The van der Waals surface area contributed by atoms with Crippen LogP contribution in [-0.2, 0) is 0 Å². The van der Waals surface area contributed by atoms with Crippen LogP contribution in [0.5, 0.6) is 0 Å². The summed E-state index contributed by atoms with van der Waals surface area (Å²) >= 11 is 1.95. The molecule has 18 heavy (non-hydrogen) atoms. The average molecular weight is 263 g/mol. The van der Waals surface area contributed by atoms with Crippen molar-refractivity contribution in [2.75, 3.05) is 18.6 Å². The van der Waals surface area contributed by atoms with Crippen molar-refractivity contribution in [3.63, 3.8) is 0 Å². The maximum absolute atomic E-state index is 3.72. The van der Waals surface area contributed by atoms with E-state index in [1.807, 2.05) is 11.8 Å². The van der Waals surface area contributed by atoms with Gasteiger partial charge in [-0.2, -0.15) is 11.8 Å². The highest BCUT2D eigenvalue weighted by Crippen LogP contribution is 2.32. The van der Waals surface area contributed by atoms with Crippen molar-refractivity contribution >= 4 is 11.8 Å². The Morgan fingerprint density at radius 2 is 1.83 bits per heavy atom. The first-order valence-electron chi connectivity index (χ1n) is 7.17. The van der Waals surface area contributed by atoms with Gasteiger partial charge in [0.25, 0.3) is 0 Å². The molecule has 0 unspecified atom stereocenters. The summed E-state index contributed by atoms with van der Waals surface area (Å²) in [5, 5.41) is 3.72. The molecule has 1 saturated carbocycles. The Kier molecular flexibility index (Phi) is 6.09. The summed E-state index contributed by atoms with van der Waals surface area (Å²) in [4.78, 5) is 0. The van der Waals surface area contributed by atoms with Gasteiger partial charge in [-0.25, -0.2) is 0 Å². The average Bonchev–Trinajstić information content (AvgIpc) is 2.45. The van der Waals surface area contributed by atoms with Crippen molar-refractivity contribution in [3.8, 4) is 0 Å². The third kappa shape index (κ3) is 4.33. The molecule has 2 heteroatoms. The molecular weight excluding hydrogens is 238 g/mol. The standard InChI is InChI=1S/C16H25NS/c1-18-13-5-12-17-16-10-8-15(9-11-16)14-6-3-2-4-7-14/h2-4,6-7,15-17H,5,8-13H2,1H3. The van der Waals surface area contributed by atoms with Crippen LogP contribution in [0.25, 0.3) is 0 Å². The second kappa shape index (κ2) is 7.85. The Balaban J connectivity index is 1.68. The van der Waals surface area contributed by atoms with Crippen LogP contribution in [-0.4, -0.2) is 24.6 Å². The molecule has 0 saturated heterocycles. The first kappa shape index (κ1) is 14.0. The fourth-order valence-corrected chi connectivity index (χ4v) is 3.31. The zero-order valence-corrected chi connectivity index (χ0v) is 12.2. The fraction of sp³-hybridized carbons (Fsp3) is 0.625. The van der Waals surface area contributed by atoms with Crippen LogP contribution >= 0.6 is 11.8 Å². The highest BCUT2D eigenvalue weighted by atomic mass is 32.2. The summed E-state index contributed by atoms with van der Waals surface area (Å²) in [5.74, 6) is 2.09. The molecule has 0 radical (unpaired) electrons. The van der Waals surface area contributed by atoms with Crippen LogP contribution in [0.1, 0.15) is 43.6 Å². The molecule has 1 aromatic carbocycles. The molecule has 1 nitrogen and oxygen atoms in total. The predicted octanol–water partition coefficient (Wildman–Crippen LogP) is 4.06. The molecule has 100 valence electrons. The van der Waals surface area contributed by atoms with Gasteiger partial charge in [-0.3, -0.25) is 0 Å². The van der Waals surface area contributed by atoms with E-state index in [2.05, 4.69) is 41.9 Å². The molecular formula is C16H25NS. The number of benzene rings is 1. The smallest absolute Gasteiger partial charge is 0.00675 e. The van der Waals surface area contributed by atoms with Crippen molar-refractivity contribution in [1.82, 2.24) is 5.32 Å². The lowest BCUT2D eigenvalue weighted by Crippen LogP contribution is -2.33. The van der Waals surface area contributed by atoms with Crippen LogP contribution in [0.2, 0.25) is 0 Å². The second-order valence-corrected chi connectivity index (χ2v) is 6.25. The fourth-order valence-electron chi connectivity index (χ4n) is 2.88. The summed E-state index contributed by atoms with van der Waals surface area (Å²) in [6.45, 7) is 1.20. The van der Waals surface area contributed by atoms with Crippen LogP contribution < -0.4 is 5.32 Å². The van der Waals surface area contributed by atoms with Gasteiger partial charge < -0.3 is 5.32 Å². The Morgan fingerprint density at radius 3 is 2.50 bits per heavy atom. The molecule has 1 N–H and O–H groups in total. The van der Waals surface area contributed by atoms with Crippen LogP contribution in [0.3, 0.4) is 0 Å². The quantitative estimate of drug-likeness (QED) is 0.777. The Hall–Kier alpha value is -0.470. The molecule has 0 spiro atoms. The van der Waals surface area contributed by atoms with Gasteiger partial charge >= 0.3 is 0 Å². The number of nitrogens with one attached hydrogen (secondary N) is 1. The van der Waals surface area contributed by atoms with Crippen molar-refractivity contribution in [3.05, 3.63) is 35.9 Å². The van der Waals surface area contributed by atoms with Crippen molar-refractivity contribution in [2.45, 2.75) is 44.1 Å². The van der Waals surface area contributed by atoms with Crippen LogP contribution in [0.15, 0.2) is 30.3 Å². The van der Waals surface area contributed by atoms with E-state index < -0.39 is 0 Å². The molecule has 0 heterocycles. The molecule has 0 atom stereocenters. The highest BCUT2D eigenvalue weighted by molar-refractivity contribution is 7.98. The zero-order chi connectivity index (χ0) is 12.6. The Bertz CT molecular complexity index is 317. The molecule has 0 amide bonds. The van der Waals surface area contributed by atoms with Gasteiger partial charge in [0.2, 0.25) is 0 Å². The SMILES string of the molecule is CSCCCNC1CCC(c2ccccc2)CC1. The number of hydrogen-bond donors (Lipinski definition) is 1. The number of hydrogen-bond acceptors (Lipinski definition) is 2. The van der Waals surface area contributed by atoms with Crippen LogP contribution in [0.4, 0.5) is 0 Å². The minimum absolute atomic E-state index is 0.770. The lowest BCUT2D eigenvalue weighted by molar-refractivity contribution is 0.344. The van der Waals surface area contributed by atoms with Gasteiger partial charge in [-0.15, -0.1) is 0 Å². The molecule has 1 aliphatic rings. The van der Waals surface area contributed by atoms with E-state index >= 15 is 0 Å². The lowest BCUT2D eigenvalue weighted by Gasteiger charge is -2.29. The lowest BCUT2D eigenvalue weighted by atomic mass is 9.82. The minimum Gasteiger partial charge on any atom is -0.314 e. The van der Waals surface area contributed by atoms with E-state index in [0.29, 0.717) is 0 Å². The van der Waals surface area contributed by atoms with Gasteiger partial charge in [0, 0.05) is 6.04 Å². The molecule has 0 aromatic heterocycles. The van der Waals surface area contributed by atoms with Gasteiger partial charge in [-0.05, 0) is 62.1 Å². The monoisotopic (exact) mass is 263 g/mol. The van der Waals surface area contributed by atoms with Gasteiger partial charge in [0.15, 0.2) is 0 Å². The maximum Gasteiger partial charge on any atom is 0.00675 e. The zero-order valence-electron chi connectivity index (χ0n) is 11.4. The third-order valence-corrected chi connectivity index (χ3v) is 4.65. The van der Waals surface area contributed by atoms with E-state index in [1.165, 1.54) is 44.4 Å². The highest BCUT2D eigenvalue weighted by Gasteiger charge is 2.21. The number of rotatable bonds is 6. The summed E-state index contributed by atoms with van der Waals surface area (Å²) < 4.78 is 0. The predicted molar refractivity (Wildman–Crippen MR) is 82.4 cm³/mol. The van der Waals surface area contributed by atoms with E-state index in [-0.39, 0.29) is 0 Å². The van der Waals surface area contributed by atoms with Gasteiger partial charge in [0.1, 0.15) is 0 Å². The Morgan fingerprint density at radius 1 is 1.11 bits per heavy atom. The summed E-state index contributed by atoms with van der Waals surface area (Å²) in [7, 11) is 0. The van der Waals surface area contributed by atoms with Crippen molar-refractivity contribution < 1.29 is 0 Å². The summed E-state index contributed by atoms with van der Waals surface area (Å²) in [6.07, 6.45) is 8.89. The molecule has 0 aliphatic heterocycles. The van der Waals surface area contributed by atoms with E-state index in [9.17, 15) is 0 Å². The van der Waals surface area contributed by atoms with Gasteiger partial charge in [0.05, 0.1) is 0 Å². The first-order valence-corrected chi connectivity index (χ1v) is 8.57. The third-order valence-electron chi connectivity index (χ3n) is 3.96. The normalized spacial score (nSPS) is 24.1. The van der Waals surface area contributed by atoms with E-state index in [0.717, 1.165) is 12.0 Å². The van der Waals surface area contributed by atoms with E-state index in [1.54, 1.807) is 5.56 Å². The van der Waals surface area contributed by atoms with Crippen molar-refractivity contribution in [1.29, 1.82) is 0 Å². The van der Waals surface area contributed by atoms with E-state index in [4.69, 9.17) is 0 Å². The topological polar surface area (TPSA) is 12.0 Å². The molecule has 1 fully saturated rings. The molecule has 1 aromatic rings. The van der Waals surface area contributed by atoms with Crippen LogP contribution in [0, 0.1) is 0 Å². The minimum atomic E-state index is 0.770.